The maximum Gasteiger partial charge on any atom is 0.167 e. The predicted molar refractivity (Wildman–Crippen MR) is 79.1 cm³/mol. The second-order valence-electron chi connectivity index (χ2n) is 7.53. The zero-order valence-corrected chi connectivity index (χ0v) is 14.2. The lowest BCUT2D eigenvalue weighted by Gasteiger charge is -2.40. The highest BCUT2D eigenvalue weighted by molar-refractivity contribution is 6.31. The molecule has 18 heavy (non-hydrogen) atoms. The first-order valence-corrected chi connectivity index (χ1v) is 8.54. The van der Waals surface area contributed by atoms with E-state index in [1.54, 1.807) is 0 Å². The van der Waals surface area contributed by atoms with Crippen LogP contribution in [0.5, 0.6) is 0 Å². The van der Waals surface area contributed by atoms with Crippen LogP contribution in [-0.4, -0.2) is 15.4 Å². The molecule has 0 N–H and O–H groups in total. The van der Waals surface area contributed by atoms with E-state index in [4.69, 9.17) is 9.69 Å². The molecule has 3 heteroatoms. The molecule has 0 aliphatic heterocycles. The maximum atomic E-state index is 8.75. The highest BCUT2D eigenvalue weighted by Gasteiger charge is 2.34. The topological polar surface area (TPSA) is 33.0 Å². The van der Waals surface area contributed by atoms with Gasteiger partial charge in [-0.1, -0.05) is 20.8 Å². The SMILES string of the molecule is CC(C)(C)[SiH2]OC(C)(C)[C@H]1CC[C@H](CC#N)CC1. The van der Waals surface area contributed by atoms with E-state index in [1.165, 1.54) is 25.7 Å². The Hall–Kier alpha value is -0.333. The van der Waals surface area contributed by atoms with Crippen LogP contribution in [0.2, 0.25) is 5.04 Å². The molecule has 1 fully saturated rings. The van der Waals surface area contributed by atoms with Crippen LogP contribution in [0.1, 0.15) is 66.7 Å². The number of hydrogen-bond acceptors (Lipinski definition) is 2. The normalized spacial score (nSPS) is 26.4. The highest BCUT2D eigenvalue weighted by atomic mass is 28.2. The Morgan fingerprint density at radius 1 is 1.11 bits per heavy atom. The number of hydrogen-bond donors (Lipinski definition) is 0. The van der Waals surface area contributed by atoms with Crippen molar-refractivity contribution in [3.63, 3.8) is 0 Å². The van der Waals surface area contributed by atoms with E-state index in [1.807, 2.05) is 0 Å². The van der Waals surface area contributed by atoms with Gasteiger partial charge in [-0.15, -0.1) is 0 Å². The third-order valence-electron chi connectivity index (χ3n) is 4.09. The van der Waals surface area contributed by atoms with Gasteiger partial charge in [-0.2, -0.15) is 5.26 Å². The van der Waals surface area contributed by atoms with Crippen molar-refractivity contribution in [2.75, 3.05) is 0 Å². The second-order valence-corrected chi connectivity index (χ2v) is 10.2. The van der Waals surface area contributed by atoms with Crippen LogP contribution in [0.25, 0.3) is 0 Å². The molecule has 0 bridgehead atoms. The fourth-order valence-corrected chi connectivity index (χ4v) is 3.75. The van der Waals surface area contributed by atoms with Crippen molar-refractivity contribution in [2.24, 2.45) is 11.8 Å². The molecule has 0 spiro atoms. The molecule has 0 aromatic heterocycles. The van der Waals surface area contributed by atoms with Crippen molar-refractivity contribution < 1.29 is 4.43 Å². The zero-order chi connectivity index (χ0) is 13.8. The van der Waals surface area contributed by atoms with Gasteiger partial charge in [-0.3, -0.25) is 0 Å². The smallest absolute Gasteiger partial charge is 0.167 e. The van der Waals surface area contributed by atoms with Crippen molar-refractivity contribution >= 4 is 9.76 Å². The van der Waals surface area contributed by atoms with Crippen molar-refractivity contribution in [3.8, 4) is 6.07 Å². The Labute approximate surface area is 115 Å². The van der Waals surface area contributed by atoms with E-state index in [-0.39, 0.29) is 5.60 Å². The molecule has 0 aromatic carbocycles. The molecule has 1 saturated carbocycles. The van der Waals surface area contributed by atoms with Gasteiger partial charge >= 0.3 is 0 Å². The van der Waals surface area contributed by atoms with Crippen molar-refractivity contribution in [1.29, 1.82) is 5.26 Å². The molecular weight excluding hydrogens is 238 g/mol. The molecule has 1 rings (SSSR count). The first-order chi connectivity index (χ1) is 8.24. The first-order valence-electron chi connectivity index (χ1n) is 7.25. The Kier molecular flexibility index (Phi) is 5.42. The van der Waals surface area contributed by atoms with Crippen LogP contribution in [0.4, 0.5) is 0 Å². The Balaban J connectivity index is 2.43. The van der Waals surface area contributed by atoms with E-state index >= 15 is 0 Å². The Bertz CT molecular complexity index is 293. The predicted octanol–water partition coefficient (Wildman–Crippen LogP) is 3.80. The van der Waals surface area contributed by atoms with Gasteiger partial charge in [0.05, 0.1) is 11.7 Å². The Morgan fingerprint density at radius 2 is 1.67 bits per heavy atom. The van der Waals surface area contributed by atoms with Gasteiger partial charge in [0.25, 0.3) is 0 Å². The first kappa shape index (κ1) is 15.7. The van der Waals surface area contributed by atoms with Crippen molar-refractivity contribution in [3.05, 3.63) is 0 Å². The number of nitrogens with zero attached hydrogens (tertiary/aromatic N) is 1. The summed E-state index contributed by atoms with van der Waals surface area (Å²) in [6.45, 7) is 11.4. The fraction of sp³-hybridized carbons (Fsp3) is 0.933. The van der Waals surface area contributed by atoms with Crippen LogP contribution in [0.3, 0.4) is 0 Å². The lowest BCUT2D eigenvalue weighted by atomic mass is 9.74. The summed E-state index contributed by atoms with van der Waals surface area (Å²) in [6, 6.07) is 2.31. The van der Waals surface area contributed by atoms with Gasteiger partial charge in [0.15, 0.2) is 9.76 Å². The zero-order valence-electron chi connectivity index (χ0n) is 12.8. The molecule has 0 saturated heterocycles. The molecule has 0 unspecified atom stereocenters. The molecule has 0 amide bonds. The average Bonchev–Trinajstić information content (AvgIpc) is 2.27. The lowest BCUT2D eigenvalue weighted by Crippen LogP contribution is -2.39. The van der Waals surface area contributed by atoms with Gasteiger partial charge in [-0.25, -0.2) is 0 Å². The maximum absolute atomic E-state index is 8.75. The van der Waals surface area contributed by atoms with E-state index in [0.29, 0.717) is 16.9 Å². The number of rotatable bonds is 4. The summed E-state index contributed by atoms with van der Waals surface area (Å²) in [6.07, 6.45) is 5.63. The molecule has 1 aliphatic rings. The van der Waals surface area contributed by atoms with Crippen LogP contribution in [0.15, 0.2) is 0 Å². The van der Waals surface area contributed by atoms with Gasteiger partial charge in [-0.05, 0) is 56.4 Å². The van der Waals surface area contributed by atoms with Gasteiger partial charge in [0.1, 0.15) is 0 Å². The second kappa shape index (κ2) is 6.21. The summed E-state index contributed by atoms with van der Waals surface area (Å²) in [7, 11) is -0.475. The van der Waals surface area contributed by atoms with Crippen LogP contribution in [0, 0.1) is 23.2 Å². The molecule has 1 aliphatic carbocycles. The molecular formula is C15H29NOSi. The standard InChI is InChI=1S/C15H29NOSi/c1-14(2,3)18-17-15(4,5)13-8-6-12(7-9-13)10-11-16/h12-13H,6-10,18H2,1-5H3/t12-,13-. The number of nitriles is 1. The quantitative estimate of drug-likeness (QED) is 0.726. The van der Waals surface area contributed by atoms with Crippen LogP contribution < -0.4 is 0 Å². The molecule has 0 aromatic rings. The van der Waals surface area contributed by atoms with Gasteiger partial charge in [0, 0.05) is 6.42 Å². The minimum atomic E-state index is -0.475. The van der Waals surface area contributed by atoms with E-state index < -0.39 is 9.76 Å². The minimum Gasteiger partial charge on any atom is -0.418 e. The third-order valence-corrected chi connectivity index (χ3v) is 5.84. The summed E-state index contributed by atoms with van der Waals surface area (Å²) in [4.78, 5) is 0. The summed E-state index contributed by atoms with van der Waals surface area (Å²) in [5.41, 5.74) is 0.0388. The van der Waals surface area contributed by atoms with Crippen molar-refractivity contribution in [2.45, 2.75) is 77.4 Å². The summed E-state index contributed by atoms with van der Waals surface area (Å²) in [5, 5.41) is 9.12. The summed E-state index contributed by atoms with van der Waals surface area (Å²) >= 11 is 0. The van der Waals surface area contributed by atoms with Crippen LogP contribution >= 0.6 is 0 Å². The molecule has 2 nitrogen and oxygen atoms in total. The summed E-state index contributed by atoms with van der Waals surface area (Å²) in [5.74, 6) is 1.32. The lowest BCUT2D eigenvalue weighted by molar-refractivity contribution is 0.0173. The van der Waals surface area contributed by atoms with Gasteiger partial charge < -0.3 is 4.43 Å². The molecule has 104 valence electrons. The average molecular weight is 267 g/mol. The highest BCUT2D eigenvalue weighted by Crippen LogP contribution is 2.39. The Morgan fingerprint density at radius 3 is 2.11 bits per heavy atom. The fourth-order valence-electron chi connectivity index (χ4n) is 2.71. The monoisotopic (exact) mass is 267 g/mol. The molecule has 0 radical (unpaired) electrons. The van der Waals surface area contributed by atoms with E-state index in [0.717, 1.165) is 6.42 Å². The van der Waals surface area contributed by atoms with Crippen LogP contribution in [-0.2, 0) is 4.43 Å². The van der Waals surface area contributed by atoms with Gasteiger partial charge in [0.2, 0.25) is 0 Å². The minimum absolute atomic E-state index is 0.0388. The molecule has 0 heterocycles. The summed E-state index contributed by atoms with van der Waals surface area (Å²) < 4.78 is 6.30. The largest absolute Gasteiger partial charge is 0.418 e. The van der Waals surface area contributed by atoms with Crippen molar-refractivity contribution in [1.82, 2.24) is 0 Å². The third kappa shape index (κ3) is 5.12. The van der Waals surface area contributed by atoms with E-state index in [2.05, 4.69) is 40.7 Å². The molecule has 0 atom stereocenters. The van der Waals surface area contributed by atoms with E-state index in [9.17, 15) is 0 Å².